The lowest BCUT2D eigenvalue weighted by Gasteiger charge is -2.36. The summed E-state index contributed by atoms with van der Waals surface area (Å²) >= 11 is 0. The van der Waals surface area contributed by atoms with Crippen LogP contribution in [0.2, 0.25) is 0 Å². The highest BCUT2D eigenvalue weighted by Gasteiger charge is 2.36. The lowest BCUT2D eigenvalue weighted by Crippen LogP contribution is -2.53. The highest BCUT2D eigenvalue weighted by molar-refractivity contribution is 4.94. The SMILES string of the molecule is CC.CC.COCOC(C)CN1C2CCC1CNC2. The molecule has 0 aliphatic carbocycles. The Kier molecular flexibility index (Phi) is 11.6. The second-order valence-corrected chi connectivity index (χ2v) is 4.62. The Bertz CT molecular complexity index is 187. The number of nitrogens with zero attached hydrogens (tertiary/aromatic N) is 1. The van der Waals surface area contributed by atoms with Crippen molar-refractivity contribution in [3.63, 3.8) is 0 Å². The smallest absolute Gasteiger partial charge is 0.146 e. The van der Waals surface area contributed by atoms with Gasteiger partial charge in [0.05, 0.1) is 6.10 Å². The van der Waals surface area contributed by atoms with Gasteiger partial charge in [-0.3, -0.25) is 4.90 Å². The quantitative estimate of drug-likeness (QED) is 0.781. The van der Waals surface area contributed by atoms with E-state index in [-0.39, 0.29) is 6.10 Å². The van der Waals surface area contributed by atoms with E-state index in [1.165, 1.54) is 12.8 Å². The summed E-state index contributed by atoms with van der Waals surface area (Å²) < 4.78 is 10.5. The summed E-state index contributed by atoms with van der Waals surface area (Å²) in [5.41, 5.74) is 0. The van der Waals surface area contributed by atoms with Crippen molar-refractivity contribution < 1.29 is 9.47 Å². The number of nitrogens with one attached hydrogen (secondary N) is 1. The van der Waals surface area contributed by atoms with Gasteiger partial charge < -0.3 is 14.8 Å². The zero-order valence-corrected chi connectivity index (χ0v) is 13.7. The monoisotopic (exact) mass is 274 g/mol. The molecular weight excluding hydrogens is 240 g/mol. The molecule has 0 aromatic carbocycles. The summed E-state index contributed by atoms with van der Waals surface area (Å²) in [6.07, 6.45) is 2.95. The van der Waals surface area contributed by atoms with Crippen LogP contribution in [0.5, 0.6) is 0 Å². The first-order valence-electron chi connectivity index (χ1n) is 7.88. The van der Waals surface area contributed by atoms with Gasteiger partial charge in [-0.15, -0.1) is 0 Å². The van der Waals surface area contributed by atoms with E-state index in [2.05, 4.69) is 17.1 Å². The van der Waals surface area contributed by atoms with E-state index in [1.807, 2.05) is 27.7 Å². The maximum Gasteiger partial charge on any atom is 0.146 e. The standard InChI is InChI=1S/C11H22N2O2.2C2H6/c1-9(15-8-14-2)7-13-10-3-4-11(13)6-12-5-10;2*1-2/h9-12H,3-8H2,1-2H3;2*1-2H3. The van der Waals surface area contributed by atoms with E-state index in [0.29, 0.717) is 6.79 Å². The number of hydrogen-bond donors (Lipinski definition) is 1. The second-order valence-electron chi connectivity index (χ2n) is 4.62. The van der Waals surface area contributed by atoms with Crippen LogP contribution in [0.1, 0.15) is 47.5 Å². The van der Waals surface area contributed by atoms with Gasteiger partial charge in [0.15, 0.2) is 0 Å². The van der Waals surface area contributed by atoms with Crippen molar-refractivity contribution in [3.05, 3.63) is 0 Å². The minimum Gasteiger partial charge on any atom is -0.359 e. The van der Waals surface area contributed by atoms with Crippen molar-refractivity contribution in [3.8, 4) is 0 Å². The Morgan fingerprint density at radius 3 is 2.11 bits per heavy atom. The molecule has 0 saturated carbocycles. The molecule has 0 aromatic rings. The van der Waals surface area contributed by atoms with Gasteiger partial charge in [-0.05, 0) is 19.8 Å². The number of methoxy groups -OCH3 is 1. The molecule has 0 spiro atoms. The molecular formula is C15H34N2O2. The summed E-state index contributed by atoms with van der Waals surface area (Å²) in [6.45, 7) is 13.9. The van der Waals surface area contributed by atoms with Crippen LogP contribution >= 0.6 is 0 Å². The lowest BCUT2D eigenvalue weighted by molar-refractivity contribution is -0.0786. The highest BCUT2D eigenvalue weighted by atomic mass is 16.7. The number of ether oxygens (including phenoxy) is 2. The first kappa shape index (κ1) is 18.8. The van der Waals surface area contributed by atoms with E-state index < -0.39 is 0 Å². The van der Waals surface area contributed by atoms with Gasteiger partial charge >= 0.3 is 0 Å². The number of rotatable bonds is 5. The lowest BCUT2D eigenvalue weighted by atomic mass is 10.2. The molecule has 1 N–H and O–H groups in total. The van der Waals surface area contributed by atoms with Crippen molar-refractivity contribution in [1.29, 1.82) is 0 Å². The summed E-state index contributed by atoms with van der Waals surface area (Å²) in [6, 6.07) is 1.47. The van der Waals surface area contributed by atoms with Crippen LogP contribution in [0, 0.1) is 0 Å². The van der Waals surface area contributed by atoms with Gasteiger partial charge in [-0.2, -0.15) is 0 Å². The van der Waals surface area contributed by atoms with Crippen molar-refractivity contribution >= 4 is 0 Å². The first-order chi connectivity index (χ1) is 9.31. The van der Waals surface area contributed by atoms with Crippen LogP contribution in [0.3, 0.4) is 0 Å². The van der Waals surface area contributed by atoms with Crippen molar-refractivity contribution in [1.82, 2.24) is 10.2 Å². The zero-order valence-electron chi connectivity index (χ0n) is 13.7. The normalized spacial score (nSPS) is 26.8. The fourth-order valence-electron chi connectivity index (χ4n) is 2.70. The molecule has 2 aliphatic rings. The van der Waals surface area contributed by atoms with Crippen molar-refractivity contribution in [2.24, 2.45) is 0 Å². The predicted molar refractivity (Wildman–Crippen MR) is 81.5 cm³/mol. The molecule has 4 nitrogen and oxygen atoms in total. The maximum atomic E-state index is 5.53. The Morgan fingerprint density at radius 2 is 1.63 bits per heavy atom. The predicted octanol–water partition coefficient (Wildman–Crippen LogP) is 2.48. The molecule has 2 bridgehead atoms. The molecule has 3 atom stereocenters. The molecule has 4 heteroatoms. The van der Waals surface area contributed by atoms with E-state index in [0.717, 1.165) is 31.7 Å². The molecule has 2 saturated heterocycles. The molecule has 0 aromatic heterocycles. The molecule has 2 fully saturated rings. The van der Waals surface area contributed by atoms with Gasteiger partial charge in [-0.1, -0.05) is 27.7 Å². The van der Waals surface area contributed by atoms with E-state index >= 15 is 0 Å². The highest BCUT2D eigenvalue weighted by Crippen LogP contribution is 2.26. The third-order valence-electron chi connectivity index (χ3n) is 3.47. The summed E-state index contributed by atoms with van der Waals surface area (Å²) in [5.74, 6) is 0. The summed E-state index contributed by atoms with van der Waals surface area (Å²) in [7, 11) is 1.67. The van der Waals surface area contributed by atoms with E-state index in [4.69, 9.17) is 9.47 Å². The van der Waals surface area contributed by atoms with Crippen molar-refractivity contribution in [2.45, 2.75) is 65.6 Å². The largest absolute Gasteiger partial charge is 0.359 e. The average molecular weight is 274 g/mol. The molecule has 2 aliphatic heterocycles. The van der Waals surface area contributed by atoms with E-state index in [9.17, 15) is 0 Å². The van der Waals surface area contributed by atoms with Gasteiger partial charge in [0.1, 0.15) is 6.79 Å². The van der Waals surface area contributed by atoms with Gasteiger partial charge in [0.25, 0.3) is 0 Å². The Morgan fingerprint density at radius 1 is 1.11 bits per heavy atom. The van der Waals surface area contributed by atoms with E-state index in [1.54, 1.807) is 7.11 Å². The number of hydrogen-bond acceptors (Lipinski definition) is 4. The van der Waals surface area contributed by atoms with Gasteiger partial charge in [0, 0.05) is 38.8 Å². The third kappa shape index (κ3) is 6.21. The van der Waals surface area contributed by atoms with Crippen LogP contribution in [-0.4, -0.2) is 56.6 Å². The minimum absolute atomic E-state index is 0.270. The van der Waals surface area contributed by atoms with Crippen LogP contribution in [-0.2, 0) is 9.47 Å². The Labute approximate surface area is 119 Å². The minimum atomic E-state index is 0.270. The fraction of sp³-hybridized carbons (Fsp3) is 1.00. The van der Waals surface area contributed by atoms with Gasteiger partial charge in [-0.25, -0.2) is 0 Å². The van der Waals surface area contributed by atoms with Crippen LogP contribution in [0.4, 0.5) is 0 Å². The van der Waals surface area contributed by atoms with Crippen LogP contribution in [0.25, 0.3) is 0 Å². The molecule has 2 rings (SSSR count). The molecule has 0 amide bonds. The molecule has 116 valence electrons. The molecule has 2 heterocycles. The topological polar surface area (TPSA) is 33.7 Å². The van der Waals surface area contributed by atoms with Crippen LogP contribution < -0.4 is 5.32 Å². The average Bonchev–Trinajstić information content (AvgIpc) is 2.70. The Hall–Kier alpha value is -0.160. The van der Waals surface area contributed by atoms with Crippen LogP contribution in [0.15, 0.2) is 0 Å². The number of fused-ring (bicyclic) bond motifs is 2. The zero-order chi connectivity index (χ0) is 14.7. The summed E-state index contributed by atoms with van der Waals surface area (Å²) in [4.78, 5) is 2.61. The van der Waals surface area contributed by atoms with Crippen molar-refractivity contribution in [2.75, 3.05) is 33.5 Å². The molecule has 19 heavy (non-hydrogen) atoms. The fourth-order valence-corrected chi connectivity index (χ4v) is 2.70. The molecule has 0 radical (unpaired) electrons. The van der Waals surface area contributed by atoms with Gasteiger partial charge in [0.2, 0.25) is 0 Å². The maximum absolute atomic E-state index is 5.53. The third-order valence-corrected chi connectivity index (χ3v) is 3.47. The first-order valence-corrected chi connectivity index (χ1v) is 7.88. The summed E-state index contributed by atoms with van der Waals surface area (Å²) in [5, 5.41) is 3.49. The number of piperazine rings is 1. The molecule has 3 unspecified atom stereocenters. The Balaban J connectivity index is 0.000000741. The second kappa shape index (κ2) is 11.6.